The number of nitrogens with one attached hydrogen (secondary N) is 12. The summed E-state index contributed by atoms with van der Waals surface area (Å²) < 4.78 is 39.5. The summed E-state index contributed by atoms with van der Waals surface area (Å²) in [5.74, 6) is -8.88. The molecule has 0 radical (unpaired) electrons. The zero-order valence-corrected chi connectivity index (χ0v) is 66.3. The number of imide groups is 12. The van der Waals surface area contributed by atoms with E-state index in [-0.39, 0.29) is 73.6 Å². The molecule has 0 spiro atoms. The molecule has 13 N–H and O–H groups in total. The molecule has 0 aromatic heterocycles. The van der Waals surface area contributed by atoms with Crippen molar-refractivity contribution >= 4 is 190 Å². The molecule has 6 heterocycles. The third-order valence-corrected chi connectivity index (χ3v) is 17.3. The number of benzene rings is 7. The maximum Gasteiger partial charge on any atom is 0.328 e. The minimum atomic E-state index is -0.964. The molecule has 44 heteroatoms. The Hall–Kier alpha value is -16.6. The number of halogens is 4. The Bertz CT molecular complexity index is 5680. The monoisotopic (exact) mass is 1750 g/mol. The number of hydrogen-bond donors (Lipinski definition) is 13. The molecular weight excluding hydrogens is 1690 g/mol. The van der Waals surface area contributed by atoms with E-state index in [9.17, 15) is 106 Å². The van der Waals surface area contributed by atoms with E-state index in [4.69, 9.17) is 58.5 Å². The van der Waals surface area contributed by atoms with Crippen molar-refractivity contribution in [2.45, 2.75) is 6.61 Å². The molecule has 0 atom stereocenters. The molecule has 7 aromatic rings. The lowest BCUT2D eigenvalue weighted by atomic mass is 10.1. The SMILES string of the molecule is CN(C)c1ccc(C=C2C(=O)NC(=O)NC2=O)cc1.COc1cc(C=C2C(=O)NC(=O)NC2=O)c([N+](=O)[O-])cc1OCc1ccccc1.COc1cc(C=C2C(=O)NC(=O)NC2=O)ccc1O.COc1ccc(C=C2C(=O)NC(=O)NC2=O)cc1OC.O=C1NC(=O)C(=Cc2c(F)cccc2Cl)C(=O)N1.O=C1NC(=O)C(=Cc2ccc(Cl)c(Cl)c2)C(=O)N1. The first-order chi connectivity index (χ1) is 58.4. The second-order valence-corrected chi connectivity index (χ2v) is 25.9. The minimum Gasteiger partial charge on any atom is -0.504 e. The number of ether oxygens (including phenoxy) is 5. The number of carbonyl (C=O) groups excluding carboxylic acids is 18. The third kappa shape index (κ3) is 25.2. The Kier molecular flexibility index (Phi) is 31.4. The molecule has 24 amide bonds. The molecule has 0 aliphatic carbocycles. The summed E-state index contributed by atoms with van der Waals surface area (Å²) in [5.41, 5.74) is 2.13. The Morgan fingerprint density at radius 2 is 0.715 bits per heavy atom. The number of nitro benzene ring substituents is 1. The van der Waals surface area contributed by atoms with Gasteiger partial charge in [0.25, 0.3) is 76.6 Å². The van der Waals surface area contributed by atoms with Crippen LogP contribution in [-0.4, -0.2) is 160 Å². The Balaban J connectivity index is 0.000000185. The summed E-state index contributed by atoms with van der Waals surface area (Å²) >= 11 is 17.3. The lowest BCUT2D eigenvalue weighted by molar-refractivity contribution is -0.385. The molecule has 0 bridgehead atoms. The van der Waals surface area contributed by atoms with Crippen molar-refractivity contribution in [2.24, 2.45) is 0 Å². The molecular formula is C79H62Cl3FN14O26. The van der Waals surface area contributed by atoms with E-state index in [1.807, 2.05) is 125 Å². The number of hydrogen-bond acceptors (Lipinski definition) is 27. The summed E-state index contributed by atoms with van der Waals surface area (Å²) in [4.78, 5) is 217. The normalized spacial score (nSPS) is 14.6. The van der Waals surface area contributed by atoms with Crippen LogP contribution in [-0.2, 0) is 64.1 Å². The molecule has 6 aliphatic rings. The van der Waals surface area contributed by atoms with Gasteiger partial charge in [-0.15, -0.1) is 0 Å². The maximum atomic E-state index is 13.5. The highest BCUT2D eigenvalue weighted by atomic mass is 35.5. The Labute approximate surface area is 705 Å². The maximum absolute atomic E-state index is 13.5. The van der Waals surface area contributed by atoms with Crippen molar-refractivity contribution in [3.63, 3.8) is 0 Å². The van der Waals surface area contributed by atoms with Gasteiger partial charge in [-0.1, -0.05) is 102 Å². The first kappa shape index (κ1) is 92.0. The number of aromatic hydroxyl groups is 1. The van der Waals surface area contributed by atoms with Crippen LogP contribution in [0.2, 0.25) is 15.1 Å². The molecule has 123 heavy (non-hydrogen) atoms. The largest absolute Gasteiger partial charge is 0.504 e. The topological polar surface area (TPSA) is 564 Å². The van der Waals surface area contributed by atoms with E-state index >= 15 is 0 Å². The summed E-state index contributed by atoms with van der Waals surface area (Å²) in [6.07, 6.45) is 7.42. The minimum absolute atomic E-state index is 0.0556. The fourth-order valence-corrected chi connectivity index (χ4v) is 10.8. The molecule has 632 valence electrons. The van der Waals surface area contributed by atoms with Crippen molar-refractivity contribution in [2.75, 3.05) is 47.4 Å². The predicted molar refractivity (Wildman–Crippen MR) is 431 cm³/mol. The van der Waals surface area contributed by atoms with Gasteiger partial charge in [0.1, 0.15) is 45.9 Å². The van der Waals surface area contributed by atoms with Crippen LogP contribution in [0.25, 0.3) is 36.5 Å². The number of phenolic OH excluding ortho intramolecular Hbond substituents is 1. The highest BCUT2D eigenvalue weighted by molar-refractivity contribution is 6.42. The number of nitro groups is 1. The van der Waals surface area contributed by atoms with Crippen molar-refractivity contribution in [3.8, 4) is 34.5 Å². The molecule has 13 rings (SSSR count). The van der Waals surface area contributed by atoms with Crippen molar-refractivity contribution < 1.29 is 124 Å². The van der Waals surface area contributed by atoms with Gasteiger partial charge in [0, 0.05) is 25.3 Å². The second-order valence-electron chi connectivity index (χ2n) is 24.7. The molecule has 7 aromatic carbocycles. The number of methoxy groups -OCH3 is 4. The van der Waals surface area contributed by atoms with Crippen LogP contribution in [0, 0.1) is 15.9 Å². The summed E-state index contributed by atoms with van der Waals surface area (Å²) in [7, 11) is 9.55. The summed E-state index contributed by atoms with van der Waals surface area (Å²) in [6, 6.07) is 31.6. The molecule has 0 saturated carbocycles. The second kappa shape index (κ2) is 42.0. The van der Waals surface area contributed by atoms with Crippen LogP contribution in [0.5, 0.6) is 34.5 Å². The number of phenols is 1. The first-order valence-electron chi connectivity index (χ1n) is 34.5. The van der Waals surface area contributed by atoms with Crippen molar-refractivity contribution in [3.05, 3.63) is 243 Å². The molecule has 40 nitrogen and oxygen atoms in total. The van der Waals surface area contributed by atoms with Crippen LogP contribution in [0.1, 0.15) is 38.9 Å². The molecule has 6 saturated heterocycles. The first-order valence-corrected chi connectivity index (χ1v) is 35.6. The van der Waals surface area contributed by atoms with E-state index in [1.54, 1.807) is 42.5 Å². The molecule has 0 unspecified atom stereocenters. The fraction of sp³-hybridized carbons (Fsp3) is 0.0886. The number of anilines is 1. The van der Waals surface area contributed by atoms with Gasteiger partial charge in [0.2, 0.25) is 0 Å². The van der Waals surface area contributed by atoms with Crippen LogP contribution in [0.15, 0.2) is 173 Å². The van der Waals surface area contributed by atoms with Crippen LogP contribution in [0.3, 0.4) is 0 Å². The van der Waals surface area contributed by atoms with Gasteiger partial charge in [-0.25, -0.2) is 33.2 Å². The van der Waals surface area contributed by atoms with Crippen molar-refractivity contribution in [1.82, 2.24) is 63.8 Å². The van der Waals surface area contributed by atoms with Crippen LogP contribution in [0.4, 0.5) is 44.5 Å². The lowest BCUT2D eigenvalue weighted by Gasteiger charge is -2.15. The lowest BCUT2D eigenvalue weighted by Crippen LogP contribution is -2.51. The van der Waals surface area contributed by atoms with E-state index in [2.05, 4.69) is 0 Å². The van der Waals surface area contributed by atoms with Gasteiger partial charge in [-0.05, 0) is 131 Å². The van der Waals surface area contributed by atoms with E-state index in [1.165, 1.54) is 95.2 Å². The van der Waals surface area contributed by atoms with Crippen LogP contribution >= 0.6 is 34.8 Å². The van der Waals surface area contributed by atoms with Gasteiger partial charge in [0.05, 0.1) is 60.1 Å². The number of rotatable bonds is 15. The highest BCUT2D eigenvalue weighted by Crippen LogP contribution is 2.37. The highest BCUT2D eigenvalue weighted by Gasteiger charge is 2.34. The predicted octanol–water partition coefficient (Wildman–Crippen LogP) is 6.01. The Morgan fingerprint density at radius 1 is 0.366 bits per heavy atom. The average molecular weight is 1750 g/mol. The van der Waals surface area contributed by atoms with Gasteiger partial charge >= 0.3 is 36.2 Å². The Morgan fingerprint density at radius 3 is 1.10 bits per heavy atom. The van der Waals surface area contributed by atoms with E-state index in [0.29, 0.717) is 43.8 Å². The van der Waals surface area contributed by atoms with Gasteiger partial charge in [-0.3, -0.25) is 131 Å². The zero-order valence-electron chi connectivity index (χ0n) is 64.0. The van der Waals surface area contributed by atoms with Gasteiger partial charge in [-0.2, -0.15) is 0 Å². The number of barbiturate groups is 6. The third-order valence-electron chi connectivity index (χ3n) is 16.2. The van der Waals surface area contributed by atoms with E-state index in [0.717, 1.165) is 35.5 Å². The molecule has 6 fully saturated rings. The van der Waals surface area contributed by atoms with E-state index < -0.39 is 129 Å². The average Bonchev–Trinajstić information content (AvgIpc) is 0.809. The number of urea groups is 6. The van der Waals surface area contributed by atoms with Gasteiger partial charge < -0.3 is 33.7 Å². The number of carbonyl (C=O) groups is 18. The standard InChI is InChI=1S/C19H15N3O7.C13H13N3O3.C13H12N2O5.C12H10N2O5.C11H6Cl2N2O3.C11H6ClFN2O3/c1-28-15-8-12(7-13-17(23)20-19(25)21-18(13)24)14(22(26)27)9-16(15)29-10-11-5-3-2-4-6-11;1-16(2)9-5-3-8(4-6-9)7-10-11(17)14-13(19)15-12(10)18;1-19-9-4-3-7(6-10(9)20-2)5-8-11(16)14-13(18)15-12(8)17;1-19-9-5-6(2-3-8(9)15)4-7-10(16)13-12(18)14-11(7)17;12-7-2-1-5(4-8(7)13)3-6-9(16)14-11(18)15-10(6)17;12-7-2-1-3-8(13)5(7)4-6-9(16)14-11(18)15-10(6)17/h2-9H,10H2,1H3,(H2,20,21,23,24,25);3-7H,1-2H3,(H2,14,15,17,18,19);3-6H,1-2H3,(H2,14,15,16,17,18);2-5,15H,1H3,(H2,13,14,16,17,18);2*1-4H,(H2,14,15,16,17,18). The molecule has 6 aliphatic heterocycles. The van der Waals surface area contributed by atoms with Crippen molar-refractivity contribution in [1.29, 1.82) is 0 Å². The summed E-state index contributed by atoms with van der Waals surface area (Å²) in [6.45, 7) is 0.154. The number of amides is 24. The quantitative estimate of drug-likeness (QED) is 0.0242. The summed E-state index contributed by atoms with van der Waals surface area (Å²) in [5, 5.41) is 45.1. The number of nitrogens with zero attached hydrogens (tertiary/aromatic N) is 2. The fourth-order valence-electron chi connectivity index (χ4n) is 10.3. The zero-order chi connectivity index (χ0) is 90.2. The smallest absolute Gasteiger partial charge is 0.328 e. The van der Waals surface area contributed by atoms with Crippen LogP contribution < -0.4 is 92.4 Å². The van der Waals surface area contributed by atoms with Gasteiger partial charge in [0.15, 0.2) is 34.5 Å².